The zero-order chi connectivity index (χ0) is 10.9. The first-order chi connectivity index (χ1) is 7.04. The first-order valence-corrected chi connectivity index (χ1v) is 5.95. The van der Waals surface area contributed by atoms with Crippen molar-refractivity contribution in [1.29, 1.82) is 0 Å². The predicted octanol–water partition coefficient (Wildman–Crippen LogP) is 0.866. The first-order valence-electron chi connectivity index (χ1n) is 4.14. The number of para-hydroxylation sites is 2. The lowest BCUT2D eigenvalue weighted by Gasteiger charge is -1.98. The zero-order valence-electron chi connectivity index (χ0n) is 7.89. The Morgan fingerprint density at radius 1 is 1.40 bits per heavy atom. The fourth-order valence-electron chi connectivity index (χ4n) is 1.12. The van der Waals surface area contributed by atoms with Crippen LogP contribution in [0.2, 0.25) is 0 Å². The molecule has 0 aliphatic heterocycles. The van der Waals surface area contributed by atoms with Crippen molar-refractivity contribution in [2.45, 2.75) is 0 Å². The van der Waals surface area contributed by atoms with Crippen LogP contribution in [0.4, 0.5) is 5.95 Å². The van der Waals surface area contributed by atoms with Gasteiger partial charge in [0.25, 0.3) is 10.1 Å². The number of hydrogen-bond acceptors (Lipinski definition) is 5. The largest absolute Gasteiger partial charge is 0.322 e. The molecule has 1 aromatic heterocycles. The molecule has 80 valence electrons. The molecule has 0 fully saturated rings. The topological polar surface area (TPSA) is 84.1 Å². The van der Waals surface area contributed by atoms with Gasteiger partial charge in [0, 0.05) is 0 Å². The van der Waals surface area contributed by atoms with Crippen LogP contribution in [-0.4, -0.2) is 24.6 Å². The second-order valence-corrected chi connectivity index (χ2v) is 4.57. The summed E-state index contributed by atoms with van der Waals surface area (Å²) in [5, 5.41) is 0. The normalized spacial score (nSPS) is 11.8. The first kappa shape index (κ1) is 9.94. The van der Waals surface area contributed by atoms with Gasteiger partial charge in [-0.1, -0.05) is 12.1 Å². The zero-order valence-corrected chi connectivity index (χ0v) is 8.71. The highest BCUT2D eigenvalue weighted by molar-refractivity contribution is 7.86. The Morgan fingerprint density at radius 2 is 2.13 bits per heavy atom. The van der Waals surface area contributed by atoms with E-state index in [-0.39, 0.29) is 5.95 Å². The molecule has 0 aliphatic carbocycles. The molecule has 15 heavy (non-hydrogen) atoms. The summed E-state index contributed by atoms with van der Waals surface area (Å²) in [5.41, 5.74) is 3.76. The maximum atomic E-state index is 10.7. The Hall–Kier alpha value is -1.60. The van der Waals surface area contributed by atoms with Gasteiger partial charge in [-0.3, -0.25) is 0 Å². The molecule has 2 aromatic rings. The molecule has 2 N–H and O–H groups in total. The van der Waals surface area contributed by atoms with Gasteiger partial charge in [0.15, 0.2) is 0 Å². The number of aromatic nitrogens is 2. The van der Waals surface area contributed by atoms with E-state index in [1.807, 2.05) is 18.2 Å². The Labute approximate surface area is 86.4 Å². The van der Waals surface area contributed by atoms with E-state index in [1.165, 1.54) is 0 Å². The van der Waals surface area contributed by atoms with Crippen molar-refractivity contribution >= 4 is 27.1 Å². The number of imidazole rings is 1. The summed E-state index contributed by atoms with van der Waals surface area (Å²) in [6, 6.07) is 7.32. The third-order valence-electron chi connectivity index (χ3n) is 1.68. The van der Waals surface area contributed by atoms with Gasteiger partial charge in [0.1, 0.15) is 0 Å². The molecule has 0 saturated heterocycles. The summed E-state index contributed by atoms with van der Waals surface area (Å²) < 4.78 is 25.8. The number of nitrogens with one attached hydrogen (secondary N) is 2. The number of rotatable bonds is 3. The van der Waals surface area contributed by atoms with E-state index in [1.54, 1.807) is 6.07 Å². The quantitative estimate of drug-likeness (QED) is 0.760. The lowest BCUT2D eigenvalue weighted by Crippen LogP contribution is -2.09. The lowest BCUT2D eigenvalue weighted by atomic mass is 10.3. The molecule has 1 aromatic carbocycles. The van der Waals surface area contributed by atoms with Crippen LogP contribution in [-0.2, 0) is 14.4 Å². The molecule has 0 amide bonds. The van der Waals surface area contributed by atoms with Gasteiger partial charge in [0.2, 0.25) is 5.95 Å². The maximum absolute atomic E-state index is 10.7. The van der Waals surface area contributed by atoms with Crippen LogP contribution in [0.15, 0.2) is 24.3 Å². The van der Waals surface area contributed by atoms with Crippen LogP contribution in [0.5, 0.6) is 0 Å². The third kappa shape index (κ3) is 2.45. The minimum atomic E-state index is -3.53. The minimum absolute atomic E-state index is 0.252. The number of nitrogens with zero attached hydrogens (tertiary/aromatic N) is 1. The second kappa shape index (κ2) is 3.52. The number of hydrogen-bond donors (Lipinski definition) is 2. The summed E-state index contributed by atoms with van der Waals surface area (Å²) in [7, 11) is -3.53. The van der Waals surface area contributed by atoms with E-state index in [0.717, 1.165) is 17.3 Å². The fraction of sp³-hybridized carbons (Fsp3) is 0.125. The Bertz CT molecular complexity index is 543. The van der Waals surface area contributed by atoms with Crippen LogP contribution in [0.25, 0.3) is 11.0 Å². The number of H-pyrrole nitrogens is 1. The van der Waals surface area contributed by atoms with Gasteiger partial charge in [0.05, 0.1) is 17.3 Å². The van der Waals surface area contributed by atoms with Crippen molar-refractivity contribution in [2.75, 3.05) is 11.7 Å². The summed E-state index contributed by atoms with van der Waals surface area (Å²) >= 11 is 0. The second-order valence-electron chi connectivity index (χ2n) is 2.99. The Kier molecular flexibility index (Phi) is 2.33. The van der Waals surface area contributed by atoms with E-state index in [0.29, 0.717) is 0 Å². The molecule has 2 rings (SSSR count). The van der Waals surface area contributed by atoms with Crippen LogP contribution in [0.1, 0.15) is 0 Å². The van der Waals surface area contributed by atoms with Crippen molar-refractivity contribution in [3.05, 3.63) is 24.3 Å². The molecular weight excluding hydrogens is 218 g/mol. The van der Waals surface area contributed by atoms with Crippen molar-refractivity contribution < 1.29 is 12.7 Å². The predicted molar refractivity (Wildman–Crippen MR) is 55.6 cm³/mol. The number of anilines is 1. The Balaban J connectivity index is 2.23. The monoisotopic (exact) mass is 227 g/mol. The van der Waals surface area contributed by atoms with E-state index in [9.17, 15) is 8.42 Å². The molecule has 0 saturated carbocycles. The highest BCUT2D eigenvalue weighted by Gasteiger charge is 2.05. The van der Waals surface area contributed by atoms with Crippen LogP contribution in [0.3, 0.4) is 0 Å². The lowest BCUT2D eigenvalue weighted by molar-refractivity contribution is 0.392. The third-order valence-corrected chi connectivity index (χ3v) is 2.07. The van der Waals surface area contributed by atoms with E-state index in [2.05, 4.69) is 19.7 Å². The summed E-state index contributed by atoms with van der Waals surface area (Å²) in [6.07, 6.45) is 0.947. The van der Waals surface area contributed by atoms with Crippen molar-refractivity contribution in [1.82, 2.24) is 9.97 Å². The summed E-state index contributed by atoms with van der Waals surface area (Å²) in [4.78, 5) is 6.92. The van der Waals surface area contributed by atoms with Gasteiger partial charge in [-0.05, 0) is 12.1 Å². The maximum Gasteiger partial charge on any atom is 0.285 e. The van der Waals surface area contributed by atoms with E-state index in [4.69, 9.17) is 0 Å². The fourth-order valence-corrected chi connectivity index (χ4v) is 1.35. The smallest absolute Gasteiger partial charge is 0.285 e. The van der Waals surface area contributed by atoms with E-state index >= 15 is 0 Å². The van der Waals surface area contributed by atoms with Gasteiger partial charge >= 0.3 is 0 Å². The molecule has 0 radical (unpaired) electrons. The van der Waals surface area contributed by atoms with Crippen LogP contribution < -0.4 is 5.48 Å². The highest BCUT2D eigenvalue weighted by atomic mass is 32.2. The number of aromatic amines is 1. The van der Waals surface area contributed by atoms with Gasteiger partial charge in [-0.2, -0.15) is 8.42 Å². The van der Waals surface area contributed by atoms with Crippen molar-refractivity contribution in [3.8, 4) is 0 Å². The molecule has 6 nitrogen and oxygen atoms in total. The minimum Gasteiger partial charge on any atom is -0.322 e. The number of fused-ring (bicyclic) bond motifs is 1. The van der Waals surface area contributed by atoms with Crippen LogP contribution >= 0.6 is 0 Å². The summed E-state index contributed by atoms with van der Waals surface area (Å²) in [6.45, 7) is 0. The van der Waals surface area contributed by atoms with Crippen molar-refractivity contribution in [2.24, 2.45) is 0 Å². The van der Waals surface area contributed by atoms with Gasteiger partial charge < -0.3 is 4.98 Å². The summed E-state index contributed by atoms with van der Waals surface area (Å²) in [5.74, 6) is 0.252. The van der Waals surface area contributed by atoms with E-state index < -0.39 is 10.1 Å². The molecule has 7 heteroatoms. The average molecular weight is 227 g/mol. The molecule has 0 spiro atoms. The molecule has 0 unspecified atom stereocenters. The van der Waals surface area contributed by atoms with Gasteiger partial charge in [-0.15, -0.1) is 4.28 Å². The van der Waals surface area contributed by atoms with Crippen molar-refractivity contribution in [3.63, 3.8) is 0 Å². The Morgan fingerprint density at radius 3 is 2.80 bits per heavy atom. The average Bonchev–Trinajstić information content (AvgIpc) is 2.56. The number of benzene rings is 1. The SMILES string of the molecule is CS(=O)(=O)ONc1nc2ccccc2[nH]1. The standard InChI is InChI=1S/C8H9N3O3S/c1-15(12,13)14-11-8-9-6-4-2-3-5-7(6)10-8/h2-5H,1H3,(H2,9,10,11). The van der Waals surface area contributed by atoms with Gasteiger partial charge in [-0.25, -0.2) is 10.5 Å². The highest BCUT2D eigenvalue weighted by Crippen LogP contribution is 2.13. The molecule has 0 aliphatic rings. The molecular formula is C8H9N3O3S. The van der Waals surface area contributed by atoms with Crippen LogP contribution in [0, 0.1) is 0 Å². The molecule has 0 bridgehead atoms. The molecule has 1 heterocycles. The molecule has 0 atom stereocenters.